The number of aliphatic carboxylic acids is 1. The van der Waals surface area contributed by atoms with E-state index in [1.807, 2.05) is 0 Å². The number of carbonyl (C=O) groups excluding carboxylic acids is 1. The molecule has 0 fully saturated rings. The second-order valence-electron chi connectivity index (χ2n) is 14.9. The molecule has 1 N–H and O–H groups in total. The maximum Gasteiger partial charge on any atom is 0.306 e. The Morgan fingerprint density at radius 1 is 0.442 bits per heavy atom. The van der Waals surface area contributed by atoms with Crippen molar-refractivity contribution in [2.24, 2.45) is 0 Å². The number of unbranched alkanes of at least 4 members (excludes halogenated alkanes) is 21. The number of hydrogen-bond donors (Lipinski definition) is 1. The molecule has 0 aliphatic carbocycles. The Bertz CT molecular complexity index is 911. The van der Waals surface area contributed by atoms with Crippen LogP contribution in [0.5, 0.6) is 0 Å². The lowest BCUT2D eigenvalue weighted by Gasteiger charge is -2.18. The summed E-state index contributed by atoms with van der Waals surface area (Å²) >= 11 is 0. The van der Waals surface area contributed by atoms with Gasteiger partial charge >= 0.3 is 11.9 Å². The SMILES string of the molecule is CC/C=C\C/C=C\C/C=C\C/C=C\C/C=C\CCCCCCCC(=O)OC(CCCCCCCCC)CCCCCCCCCCCCCC(=O)O. The summed E-state index contributed by atoms with van der Waals surface area (Å²) < 4.78 is 6.06. The molecule has 0 aromatic carbocycles. The third kappa shape index (κ3) is 42.1. The fourth-order valence-electron chi connectivity index (χ4n) is 6.51. The molecule has 0 aliphatic heterocycles. The van der Waals surface area contributed by atoms with E-state index in [0.29, 0.717) is 12.8 Å². The van der Waals surface area contributed by atoms with Crippen molar-refractivity contribution >= 4 is 11.9 Å². The van der Waals surface area contributed by atoms with Crippen molar-refractivity contribution in [2.75, 3.05) is 0 Å². The Labute approximate surface area is 323 Å². The first-order valence-electron chi connectivity index (χ1n) is 22.3. The Kier molecular flexibility index (Phi) is 41.1. The van der Waals surface area contributed by atoms with Gasteiger partial charge in [0.2, 0.25) is 0 Å². The third-order valence-corrected chi connectivity index (χ3v) is 9.75. The molecule has 0 spiro atoms. The van der Waals surface area contributed by atoms with Gasteiger partial charge in [-0.15, -0.1) is 0 Å². The van der Waals surface area contributed by atoms with Crippen LogP contribution in [0.4, 0.5) is 0 Å². The number of allylic oxidation sites excluding steroid dienone is 10. The first-order valence-corrected chi connectivity index (χ1v) is 22.3. The average molecular weight is 725 g/mol. The highest BCUT2D eigenvalue weighted by Crippen LogP contribution is 2.19. The molecule has 0 bridgehead atoms. The van der Waals surface area contributed by atoms with Crippen molar-refractivity contribution in [3.8, 4) is 0 Å². The zero-order chi connectivity index (χ0) is 37.8. The Balaban J connectivity index is 4.00. The fraction of sp³-hybridized carbons (Fsp3) is 0.750. The van der Waals surface area contributed by atoms with Gasteiger partial charge in [-0.05, 0) is 83.5 Å². The van der Waals surface area contributed by atoms with Gasteiger partial charge in [0.05, 0.1) is 0 Å². The van der Waals surface area contributed by atoms with Gasteiger partial charge in [-0.1, -0.05) is 190 Å². The van der Waals surface area contributed by atoms with Crippen LogP contribution in [0.1, 0.15) is 226 Å². The summed E-state index contributed by atoms with van der Waals surface area (Å²) in [6.07, 6.45) is 59.8. The predicted octanol–water partition coefficient (Wildman–Crippen LogP) is 15.7. The molecule has 300 valence electrons. The van der Waals surface area contributed by atoms with Crippen LogP contribution in [0, 0.1) is 0 Å². The minimum absolute atomic E-state index is 0.0229. The number of carbonyl (C=O) groups is 2. The summed E-state index contributed by atoms with van der Waals surface area (Å²) in [4.78, 5) is 23.3. The van der Waals surface area contributed by atoms with Crippen molar-refractivity contribution < 1.29 is 19.4 Å². The summed E-state index contributed by atoms with van der Waals surface area (Å²) in [6.45, 7) is 4.43. The molecular weight excluding hydrogens is 641 g/mol. The molecule has 0 saturated heterocycles. The number of carboxylic acids is 1. The molecule has 0 aromatic rings. The van der Waals surface area contributed by atoms with Gasteiger partial charge in [0.1, 0.15) is 6.10 Å². The summed E-state index contributed by atoms with van der Waals surface area (Å²) in [5.74, 6) is -0.650. The number of hydrogen-bond acceptors (Lipinski definition) is 3. The highest BCUT2D eigenvalue weighted by atomic mass is 16.5. The van der Waals surface area contributed by atoms with Crippen LogP contribution >= 0.6 is 0 Å². The van der Waals surface area contributed by atoms with Crippen molar-refractivity contribution in [3.63, 3.8) is 0 Å². The molecule has 0 saturated carbocycles. The lowest BCUT2D eigenvalue weighted by atomic mass is 10.0. The van der Waals surface area contributed by atoms with E-state index in [2.05, 4.69) is 74.6 Å². The molecule has 1 atom stereocenters. The fourth-order valence-corrected chi connectivity index (χ4v) is 6.51. The van der Waals surface area contributed by atoms with Crippen LogP contribution < -0.4 is 0 Å². The van der Waals surface area contributed by atoms with E-state index in [0.717, 1.165) is 83.5 Å². The van der Waals surface area contributed by atoms with Gasteiger partial charge in [-0.3, -0.25) is 9.59 Å². The maximum absolute atomic E-state index is 12.7. The smallest absolute Gasteiger partial charge is 0.306 e. The van der Waals surface area contributed by atoms with E-state index in [1.165, 1.54) is 116 Å². The van der Waals surface area contributed by atoms with Gasteiger partial charge in [0.15, 0.2) is 0 Å². The van der Waals surface area contributed by atoms with Crippen LogP contribution in [0.25, 0.3) is 0 Å². The Morgan fingerprint density at radius 2 is 0.808 bits per heavy atom. The summed E-state index contributed by atoms with van der Waals surface area (Å²) in [7, 11) is 0. The van der Waals surface area contributed by atoms with Gasteiger partial charge < -0.3 is 9.84 Å². The third-order valence-electron chi connectivity index (χ3n) is 9.75. The molecule has 0 heterocycles. The largest absolute Gasteiger partial charge is 0.481 e. The first-order chi connectivity index (χ1) is 25.6. The molecular formula is C48H84O4. The number of rotatable bonds is 40. The summed E-state index contributed by atoms with van der Waals surface area (Å²) in [6, 6.07) is 0. The van der Waals surface area contributed by atoms with Crippen molar-refractivity contribution in [1.82, 2.24) is 0 Å². The molecule has 0 rings (SSSR count). The van der Waals surface area contributed by atoms with E-state index in [-0.39, 0.29) is 12.1 Å². The highest BCUT2D eigenvalue weighted by molar-refractivity contribution is 5.69. The average Bonchev–Trinajstić information content (AvgIpc) is 3.13. The Morgan fingerprint density at radius 3 is 1.25 bits per heavy atom. The van der Waals surface area contributed by atoms with Crippen LogP contribution in [-0.2, 0) is 14.3 Å². The van der Waals surface area contributed by atoms with E-state index in [1.54, 1.807) is 0 Å². The van der Waals surface area contributed by atoms with Crippen LogP contribution in [-0.4, -0.2) is 23.1 Å². The summed E-state index contributed by atoms with van der Waals surface area (Å²) in [5, 5.41) is 8.72. The van der Waals surface area contributed by atoms with Gasteiger partial charge in [0, 0.05) is 12.8 Å². The topological polar surface area (TPSA) is 63.6 Å². The molecule has 52 heavy (non-hydrogen) atoms. The zero-order valence-corrected chi connectivity index (χ0v) is 34.4. The molecule has 0 amide bonds. The molecule has 4 heteroatoms. The van der Waals surface area contributed by atoms with E-state index in [4.69, 9.17) is 9.84 Å². The summed E-state index contributed by atoms with van der Waals surface area (Å²) in [5.41, 5.74) is 0. The van der Waals surface area contributed by atoms with Gasteiger partial charge in [-0.2, -0.15) is 0 Å². The lowest BCUT2D eigenvalue weighted by Crippen LogP contribution is -2.18. The molecule has 0 aliphatic rings. The van der Waals surface area contributed by atoms with Gasteiger partial charge in [0.25, 0.3) is 0 Å². The quantitative estimate of drug-likeness (QED) is 0.0388. The maximum atomic E-state index is 12.7. The minimum Gasteiger partial charge on any atom is -0.481 e. The van der Waals surface area contributed by atoms with Crippen molar-refractivity contribution in [2.45, 2.75) is 232 Å². The van der Waals surface area contributed by atoms with E-state index in [9.17, 15) is 9.59 Å². The number of esters is 1. The molecule has 0 radical (unpaired) electrons. The zero-order valence-electron chi connectivity index (χ0n) is 34.4. The van der Waals surface area contributed by atoms with Crippen molar-refractivity contribution in [3.05, 3.63) is 60.8 Å². The minimum atomic E-state index is -0.673. The number of carboxylic acid groups (broad SMARTS) is 1. The van der Waals surface area contributed by atoms with E-state index >= 15 is 0 Å². The first kappa shape index (κ1) is 49.6. The monoisotopic (exact) mass is 725 g/mol. The Hall–Kier alpha value is -2.36. The second kappa shape index (κ2) is 43.0. The molecule has 1 unspecified atom stereocenters. The number of ether oxygens (including phenoxy) is 1. The normalized spacial score (nSPS) is 12.8. The molecule has 4 nitrogen and oxygen atoms in total. The van der Waals surface area contributed by atoms with Crippen LogP contribution in [0.3, 0.4) is 0 Å². The van der Waals surface area contributed by atoms with Gasteiger partial charge in [-0.25, -0.2) is 0 Å². The standard InChI is InChI=1S/C48H84O4/c1-3-5-7-9-11-12-13-14-15-16-17-18-19-20-21-22-26-29-33-37-41-45-48(51)52-46(42-38-34-30-10-8-6-4-2)43-39-35-31-27-24-23-25-28-32-36-40-44-47(49)50/h5,7,11-12,14-15,17-18,20-21,46H,3-4,6,8-10,13,16,19,22-45H2,1-2H3,(H,49,50)/b7-5-,12-11-,15-14-,18-17-,21-20-. The lowest BCUT2D eigenvalue weighted by molar-refractivity contribution is -0.150. The predicted molar refractivity (Wildman–Crippen MR) is 227 cm³/mol. The highest BCUT2D eigenvalue weighted by Gasteiger charge is 2.14. The van der Waals surface area contributed by atoms with Crippen molar-refractivity contribution in [1.29, 1.82) is 0 Å². The van der Waals surface area contributed by atoms with Crippen LogP contribution in [0.15, 0.2) is 60.8 Å². The van der Waals surface area contributed by atoms with E-state index < -0.39 is 5.97 Å². The second-order valence-corrected chi connectivity index (χ2v) is 14.9. The molecule has 0 aromatic heterocycles. The van der Waals surface area contributed by atoms with Crippen LogP contribution in [0.2, 0.25) is 0 Å².